The van der Waals surface area contributed by atoms with Crippen LogP contribution < -0.4 is 0 Å². The lowest BCUT2D eigenvalue weighted by Gasteiger charge is -2.63. The average Bonchev–Trinajstić information content (AvgIpc) is 3.04. The number of carbonyl (C=O) groups is 2. The number of hydrogen-bond acceptors (Lipinski definition) is 4. The molecule has 4 fully saturated rings. The van der Waals surface area contributed by atoms with Gasteiger partial charge in [0.2, 0.25) is 0 Å². The van der Waals surface area contributed by atoms with Gasteiger partial charge in [0.05, 0.1) is 12.7 Å². The fourth-order valence-electron chi connectivity index (χ4n) is 8.66. The Labute approximate surface area is 176 Å². The van der Waals surface area contributed by atoms with Crippen molar-refractivity contribution in [3.8, 4) is 0 Å². The van der Waals surface area contributed by atoms with E-state index in [0.717, 1.165) is 31.6 Å². The van der Waals surface area contributed by atoms with E-state index in [4.69, 9.17) is 4.74 Å². The molecule has 0 amide bonds. The number of carbonyl (C=O) groups excluding carboxylic acids is 2. The maximum atomic E-state index is 12.1. The van der Waals surface area contributed by atoms with E-state index in [1.807, 2.05) is 0 Å². The smallest absolute Gasteiger partial charge is 0.305 e. The van der Waals surface area contributed by atoms with Crippen LogP contribution in [0.4, 0.5) is 0 Å². The number of fused-ring (bicyclic) bond motifs is 5. The van der Waals surface area contributed by atoms with Crippen molar-refractivity contribution in [2.24, 2.45) is 40.4 Å². The molecule has 0 aromatic rings. The van der Waals surface area contributed by atoms with Crippen molar-refractivity contribution in [2.75, 3.05) is 7.11 Å². The van der Waals surface area contributed by atoms with Crippen LogP contribution in [-0.4, -0.2) is 29.6 Å². The molecule has 4 heteroatoms. The summed E-state index contributed by atoms with van der Waals surface area (Å²) in [5.41, 5.74) is -0.518. The molecule has 29 heavy (non-hydrogen) atoms. The molecule has 0 aromatic heterocycles. The Kier molecular flexibility index (Phi) is 5.41. The van der Waals surface area contributed by atoms with Crippen molar-refractivity contribution >= 4 is 11.8 Å². The van der Waals surface area contributed by atoms with Crippen molar-refractivity contribution in [2.45, 2.75) is 97.0 Å². The monoisotopic (exact) mass is 404 g/mol. The molecule has 4 aliphatic rings. The normalized spacial score (nSPS) is 47.7. The first-order valence-electron chi connectivity index (χ1n) is 12.0. The summed E-state index contributed by atoms with van der Waals surface area (Å²) < 4.78 is 4.86. The zero-order chi connectivity index (χ0) is 21.0. The number of methoxy groups -OCH3 is 1. The summed E-state index contributed by atoms with van der Waals surface area (Å²) in [5, 5.41) is 11.5. The van der Waals surface area contributed by atoms with Gasteiger partial charge in [0.1, 0.15) is 5.78 Å². The van der Waals surface area contributed by atoms with Crippen molar-refractivity contribution < 1.29 is 19.4 Å². The minimum absolute atomic E-state index is 0.0911. The van der Waals surface area contributed by atoms with Gasteiger partial charge >= 0.3 is 5.97 Å². The molecule has 0 aliphatic heterocycles. The molecule has 4 aliphatic carbocycles. The van der Waals surface area contributed by atoms with Crippen molar-refractivity contribution in [3.05, 3.63) is 0 Å². The summed E-state index contributed by atoms with van der Waals surface area (Å²) in [4.78, 5) is 23.7. The predicted octanol–water partition coefficient (Wildman–Crippen LogP) is 4.92. The molecular formula is C25H40O4. The first-order chi connectivity index (χ1) is 13.6. The molecule has 0 heterocycles. The Morgan fingerprint density at radius 1 is 1.14 bits per heavy atom. The van der Waals surface area contributed by atoms with Crippen LogP contribution in [0.1, 0.15) is 91.4 Å². The van der Waals surface area contributed by atoms with E-state index in [1.54, 1.807) is 0 Å². The summed E-state index contributed by atoms with van der Waals surface area (Å²) in [5.74, 6) is 3.35. The van der Waals surface area contributed by atoms with Crippen LogP contribution in [0.5, 0.6) is 0 Å². The number of ether oxygens (including phenoxy) is 1. The third-order valence-electron chi connectivity index (χ3n) is 10.4. The van der Waals surface area contributed by atoms with E-state index in [9.17, 15) is 14.7 Å². The largest absolute Gasteiger partial charge is 0.469 e. The third-order valence-corrected chi connectivity index (χ3v) is 10.4. The van der Waals surface area contributed by atoms with Gasteiger partial charge in [-0.1, -0.05) is 20.8 Å². The minimum atomic E-state index is -0.775. The molecule has 0 saturated heterocycles. The topological polar surface area (TPSA) is 63.6 Å². The van der Waals surface area contributed by atoms with Crippen molar-refractivity contribution in [1.82, 2.24) is 0 Å². The van der Waals surface area contributed by atoms with E-state index in [0.29, 0.717) is 48.3 Å². The van der Waals surface area contributed by atoms with E-state index in [2.05, 4.69) is 20.8 Å². The molecule has 164 valence electrons. The zero-order valence-electron chi connectivity index (χ0n) is 18.8. The van der Waals surface area contributed by atoms with Gasteiger partial charge in [0.15, 0.2) is 0 Å². The van der Waals surface area contributed by atoms with Gasteiger partial charge < -0.3 is 9.84 Å². The lowest BCUT2D eigenvalue weighted by molar-refractivity contribution is -0.204. The standard InChI is InChI=1S/C25H40O4/c1-16(5-8-22(27)29-4)19-6-7-20-18-10-14-25(28)15-17(26)9-13-24(25,3)21(18)11-12-23(19,20)2/h16,18-21,28H,5-15H2,1-4H3/t16-,18+,19-,20+,21+,23-,24-,25+/m1/s1. The Morgan fingerprint density at radius 3 is 2.62 bits per heavy atom. The van der Waals surface area contributed by atoms with E-state index in [-0.39, 0.29) is 17.2 Å². The Hall–Kier alpha value is -0.900. The summed E-state index contributed by atoms with van der Waals surface area (Å²) in [6.45, 7) is 7.15. The second-order valence-electron chi connectivity index (χ2n) is 11.4. The predicted molar refractivity (Wildman–Crippen MR) is 112 cm³/mol. The van der Waals surface area contributed by atoms with Crippen LogP contribution in [0.3, 0.4) is 0 Å². The highest BCUT2D eigenvalue weighted by atomic mass is 16.5. The number of ketones is 1. The maximum Gasteiger partial charge on any atom is 0.305 e. The number of Topliss-reactive ketones (excluding diaryl/α,β-unsaturated/α-hetero) is 1. The summed E-state index contributed by atoms with van der Waals surface area (Å²) in [6.07, 6.45) is 10.2. The van der Waals surface area contributed by atoms with Gasteiger partial charge in [-0.2, -0.15) is 0 Å². The fraction of sp³-hybridized carbons (Fsp3) is 0.920. The van der Waals surface area contributed by atoms with E-state index < -0.39 is 5.60 Å². The molecular weight excluding hydrogens is 364 g/mol. The molecule has 4 nitrogen and oxygen atoms in total. The Balaban J connectivity index is 1.52. The average molecular weight is 405 g/mol. The lowest BCUT2D eigenvalue weighted by atomic mass is 9.43. The highest BCUT2D eigenvalue weighted by Gasteiger charge is 2.64. The minimum Gasteiger partial charge on any atom is -0.469 e. The van der Waals surface area contributed by atoms with Gasteiger partial charge in [-0.3, -0.25) is 9.59 Å². The van der Waals surface area contributed by atoms with Crippen LogP contribution in [0.25, 0.3) is 0 Å². The number of hydrogen-bond donors (Lipinski definition) is 1. The van der Waals surface area contributed by atoms with Crippen molar-refractivity contribution in [3.63, 3.8) is 0 Å². The van der Waals surface area contributed by atoms with Gasteiger partial charge in [0.25, 0.3) is 0 Å². The zero-order valence-corrected chi connectivity index (χ0v) is 18.8. The first kappa shape index (κ1) is 21.3. The third kappa shape index (κ3) is 3.20. The van der Waals surface area contributed by atoms with Crippen LogP contribution in [-0.2, 0) is 14.3 Å². The molecule has 0 spiro atoms. The molecule has 8 atom stereocenters. The molecule has 0 aromatic carbocycles. The Bertz CT molecular complexity index is 674. The number of rotatable bonds is 4. The van der Waals surface area contributed by atoms with Crippen LogP contribution >= 0.6 is 0 Å². The summed E-state index contributed by atoms with van der Waals surface area (Å²) >= 11 is 0. The molecule has 0 radical (unpaired) electrons. The van der Waals surface area contributed by atoms with Gasteiger partial charge in [-0.05, 0) is 86.4 Å². The van der Waals surface area contributed by atoms with Crippen molar-refractivity contribution in [1.29, 1.82) is 0 Å². The van der Waals surface area contributed by atoms with E-state index in [1.165, 1.54) is 32.8 Å². The van der Waals surface area contributed by atoms with Crippen LogP contribution in [0.2, 0.25) is 0 Å². The summed E-state index contributed by atoms with van der Waals surface area (Å²) in [7, 11) is 1.48. The lowest BCUT2D eigenvalue weighted by Crippen LogP contribution is -2.62. The molecule has 4 saturated carbocycles. The van der Waals surface area contributed by atoms with Gasteiger partial charge in [-0.25, -0.2) is 0 Å². The van der Waals surface area contributed by atoms with Gasteiger partial charge in [-0.15, -0.1) is 0 Å². The number of esters is 1. The maximum absolute atomic E-state index is 12.1. The van der Waals surface area contributed by atoms with E-state index >= 15 is 0 Å². The number of aliphatic hydroxyl groups is 1. The molecule has 4 rings (SSSR count). The van der Waals surface area contributed by atoms with Gasteiger partial charge in [0, 0.05) is 24.7 Å². The molecule has 0 bridgehead atoms. The molecule has 0 unspecified atom stereocenters. The fourth-order valence-corrected chi connectivity index (χ4v) is 8.66. The second-order valence-corrected chi connectivity index (χ2v) is 11.4. The quantitative estimate of drug-likeness (QED) is 0.676. The van der Waals surface area contributed by atoms with Crippen LogP contribution in [0.15, 0.2) is 0 Å². The first-order valence-corrected chi connectivity index (χ1v) is 12.0. The second kappa shape index (κ2) is 7.35. The van der Waals surface area contributed by atoms with Crippen LogP contribution in [0, 0.1) is 40.4 Å². The highest BCUT2D eigenvalue weighted by molar-refractivity contribution is 5.80. The summed E-state index contributed by atoms with van der Waals surface area (Å²) in [6, 6.07) is 0. The molecule has 1 N–H and O–H groups in total. The SMILES string of the molecule is COC(=O)CC[C@@H](C)[C@H]1CC[C@H]2[C@@H]3CC[C@]4(O)CC(=O)CC[C@]4(C)[C@H]3CC[C@]12C. The highest BCUT2D eigenvalue weighted by Crippen LogP contribution is 2.69. The Morgan fingerprint density at radius 2 is 1.90 bits per heavy atom.